The van der Waals surface area contributed by atoms with E-state index in [1.165, 1.54) is 12.8 Å². The summed E-state index contributed by atoms with van der Waals surface area (Å²) in [6.45, 7) is 2.77. The largest absolute Gasteiger partial charge is 0.483 e. The van der Waals surface area contributed by atoms with Gasteiger partial charge in [-0.25, -0.2) is 4.99 Å². The molecule has 84 valence electrons. The molecular formula is C12H15N3O. The number of nitrogens with two attached hydrogens (primary N) is 1. The van der Waals surface area contributed by atoms with E-state index in [0.717, 1.165) is 36.0 Å². The number of fused-ring (bicyclic) bond motifs is 1. The molecule has 1 saturated heterocycles. The molecule has 0 aromatic heterocycles. The number of nitrogens with zero attached hydrogens (tertiary/aromatic N) is 2. The number of likely N-dealkylation sites (tertiary alicyclic amines) is 1. The lowest BCUT2D eigenvalue weighted by atomic mass is 10.2. The van der Waals surface area contributed by atoms with Crippen molar-refractivity contribution in [3.05, 3.63) is 18.2 Å². The van der Waals surface area contributed by atoms with Crippen molar-refractivity contribution in [3.63, 3.8) is 0 Å². The molecule has 2 heterocycles. The summed E-state index contributed by atoms with van der Waals surface area (Å²) in [5.41, 5.74) is 7.31. The fourth-order valence-electron chi connectivity index (χ4n) is 2.19. The first-order chi connectivity index (χ1) is 7.83. The van der Waals surface area contributed by atoms with E-state index >= 15 is 0 Å². The van der Waals surface area contributed by atoms with Crippen LogP contribution in [0.2, 0.25) is 0 Å². The maximum Gasteiger partial charge on any atom is 0.147 e. The van der Waals surface area contributed by atoms with Crippen molar-refractivity contribution < 1.29 is 4.74 Å². The average molecular weight is 217 g/mol. The quantitative estimate of drug-likeness (QED) is 0.674. The van der Waals surface area contributed by atoms with E-state index in [1.54, 1.807) is 0 Å². The van der Waals surface area contributed by atoms with Gasteiger partial charge in [0.25, 0.3) is 0 Å². The molecule has 0 spiro atoms. The van der Waals surface area contributed by atoms with Gasteiger partial charge in [-0.05, 0) is 25.0 Å². The molecule has 0 aliphatic carbocycles. The van der Waals surface area contributed by atoms with E-state index in [9.17, 15) is 0 Å². The molecule has 2 N–H and O–H groups in total. The van der Waals surface area contributed by atoms with E-state index in [-0.39, 0.29) is 0 Å². The Labute approximate surface area is 94.7 Å². The highest BCUT2D eigenvalue weighted by Gasteiger charge is 2.20. The standard InChI is InChI=1S/C12H15N3O/c13-9-3-4-10-11(7-9)16-8-12(14-10)15-5-1-2-6-15/h3-4,7H,1-2,5-6,8,13H2. The molecule has 1 aromatic carbocycles. The molecule has 3 rings (SSSR count). The van der Waals surface area contributed by atoms with Crippen LogP contribution in [0.15, 0.2) is 23.2 Å². The second kappa shape index (κ2) is 3.70. The summed E-state index contributed by atoms with van der Waals surface area (Å²) in [5, 5.41) is 0. The molecule has 1 aromatic rings. The number of hydrogen-bond acceptors (Lipinski definition) is 4. The van der Waals surface area contributed by atoms with E-state index in [1.807, 2.05) is 18.2 Å². The zero-order chi connectivity index (χ0) is 11.0. The van der Waals surface area contributed by atoms with Gasteiger partial charge in [-0.15, -0.1) is 0 Å². The summed E-state index contributed by atoms with van der Waals surface area (Å²) >= 11 is 0. The molecule has 4 nitrogen and oxygen atoms in total. The van der Waals surface area contributed by atoms with E-state index < -0.39 is 0 Å². The van der Waals surface area contributed by atoms with Crippen LogP contribution >= 0.6 is 0 Å². The minimum atomic E-state index is 0.566. The molecule has 0 amide bonds. The smallest absolute Gasteiger partial charge is 0.147 e. The van der Waals surface area contributed by atoms with Crippen molar-refractivity contribution in [1.29, 1.82) is 0 Å². The van der Waals surface area contributed by atoms with Gasteiger partial charge >= 0.3 is 0 Å². The van der Waals surface area contributed by atoms with Crippen LogP contribution in [-0.2, 0) is 0 Å². The molecule has 0 radical (unpaired) electrons. The van der Waals surface area contributed by atoms with Crippen molar-refractivity contribution in [2.24, 2.45) is 4.99 Å². The number of anilines is 1. The van der Waals surface area contributed by atoms with E-state index in [4.69, 9.17) is 10.5 Å². The molecule has 0 unspecified atom stereocenters. The van der Waals surface area contributed by atoms with Gasteiger partial charge in [-0.3, -0.25) is 0 Å². The molecule has 0 saturated carbocycles. The lowest BCUT2D eigenvalue weighted by molar-refractivity contribution is 0.345. The summed E-state index contributed by atoms with van der Waals surface area (Å²) in [7, 11) is 0. The second-order valence-corrected chi connectivity index (χ2v) is 4.24. The highest BCUT2D eigenvalue weighted by molar-refractivity contribution is 5.89. The lowest BCUT2D eigenvalue weighted by Gasteiger charge is -2.24. The number of rotatable bonds is 0. The highest BCUT2D eigenvalue weighted by atomic mass is 16.5. The number of nitrogen functional groups attached to an aromatic ring is 1. The normalized spacial score (nSPS) is 19.0. The Hall–Kier alpha value is -1.71. The van der Waals surface area contributed by atoms with Crippen LogP contribution in [0.25, 0.3) is 0 Å². The molecule has 4 heteroatoms. The van der Waals surface area contributed by atoms with E-state index in [0.29, 0.717) is 6.61 Å². The first-order valence-electron chi connectivity index (χ1n) is 5.68. The summed E-state index contributed by atoms with van der Waals surface area (Å²) < 4.78 is 5.68. The van der Waals surface area contributed by atoms with Gasteiger partial charge in [-0.2, -0.15) is 0 Å². The van der Waals surface area contributed by atoms with Crippen molar-refractivity contribution in [3.8, 4) is 5.75 Å². The Bertz CT molecular complexity index is 436. The summed E-state index contributed by atoms with van der Waals surface area (Å²) in [5.74, 6) is 1.85. The third-order valence-corrected chi connectivity index (χ3v) is 3.06. The monoisotopic (exact) mass is 217 g/mol. The predicted molar refractivity (Wildman–Crippen MR) is 64.3 cm³/mol. The number of ether oxygens (including phenoxy) is 1. The summed E-state index contributed by atoms with van der Waals surface area (Å²) in [6, 6.07) is 5.61. The fraction of sp³-hybridized carbons (Fsp3) is 0.417. The predicted octanol–water partition coefficient (Wildman–Crippen LogP) is 1.79. The van der Waals surface area contributed by atoms with Crippen LogP contribution in [0.1, 0.15) is 12.8 Å². The van der Waals surface area contributed by atoms with Gasteiger partial charge in [0.2, 0.25) is 0 Å². The highest BCUT2D eigenvalue weighted by Crippen LogP contribution is 2.33. The third-order valence-electron chi connectivity index (χ3n) is 3.06. The van der Waals surface area contributed by atoms with Crippen molar-refractivity contribution in [2.45, 2.75) is 12.8 Å². The Morgan fingerprint density at radius 2 is 2.06 bits per heavy atom. The zero-order valence-electron chi connectivity index (χ0n) is 9.15. The molecular weight excluding hydrogens is 202 g/mol. The Morgan fingerprint density at radius 1 is 1.25 bits per heavy atom. The second-order valence-electron chi connectivity index (χ2n) is 4.24. The first kappa shape index (κ1) is 9.51. The van der Waals surface area contributed by atoms with Gasteiger partial charge in [0, 0.05) is 24.8 Å². The van der Waals surface area contributed by atoms with E-state index in [2.05, 4.69) is 9.89 Å². The van der Waals surface area contributed by atoms with Crippen molar-refractivity contribution in [2.75, 3.05) is 25.4 Å². The maximum atomic E-state index is 5.70. The van der Waals surface area contributed by atoms with Crippen LogP contribution in [-0.4, -0.2) is 30.4 Å². The van der Waals surface area contributed by atoms with Gasteiger partial charge in [0.05, 0.1) is 0 Å². The van der Waals surface area contributed by atoms with Crippen LogP contribution in [0.5, 0.6) is 5.75 Å². The average Bonchev–Trinajstić information content (AvgIpc) is 2.82. The van der Waals surface area contributed by atoms with Gasteiger partial charge < -0.3 is 15.4 Å². The first-order valence-corrected chi connectivity index (χ1v) is 5.68. The minimum Gasteiger partial charge on any atom is -0.483 e. The SMILES string of the molecule is Nc1ccc2c(c1)OCC(N1CCCC1)=N2. The third kappa shape index (κ3) is 1.60. The summed E-state index contributed by atoms with van der Waals surface area (Å²) in [6.07, 6.45) is 2.52. The van der Waals surface area contributed by atoms with Crippen molar-refractivity contribution in [1.82, 2.24) is 4.90 Å². The number of aliphatic imine (C=N–C) groups is 1. The van der Waals surface area contributed by atoms with Crippen LogP contribution in [0.4, 0.5) is 11.4 Å². The maximum absolute atomic E-state index is 5.70. The molecule has 16 heavy (non-hydrogen) atoms. The van der Waals surface area contributed by atoms with Gasteiger partial charge in [0.1, 0.15) is 23.9 Å². The minimum absolute atomic E-state index is 0.566. The Morgan fingerprint density at radius 3 is 2.88 bits per heavy atom. The summed E-state index contributed by atoms with van der Waals surface area (Å²) in [4.78, 5) is 6.94. The number of benzene rings is 1. The van der Waals surface area contributed by atoms with Crippen molar-refractivity contribution >= 4 is 17.2 Å². The van der Waals surface area contributed by atoms with Crippen LogP contribution in [0.3, 0.4) is 0 Å². The molecule has 0 atom stereocenters. The number of amidine groups is 1. The lowest BCUT2D eigenvalue weighted by Crippen LogP contribution is -2.33. The van der Waals surface area contributed by atoms with Gasteiger partial charge in [0.15, 0.2) is 0 Å². The van der Waals surface area contributed by atoms with Crippen LogP contribution < -0.4 is 10.5 Å². The fourth-order valence-corrected chi connectivity index (χ4v) is 2.19. The molecule has 1 fully saturated rings. The van der Waals surface area contributed by atoms with Gasteiger partial charge in [-0.1, -0.05) is 0 Å². The topological polar surface area (TPSA) is 50.9 Å². The Balaban J connectivity index is 1.91. The molecule has 2 aliphatic rings. The Kier molecular flexibility index (Phi) is 2.20. The zero-order valence-corrected chi connectivity index (χ0v) is 9.15. The molecule has 2 aliphatic heterocycles. The van der Waals surface area contributed by atoms with Crippen LogP contribution in [0, 0.1) is 0 Å². The number of hydrogen-bond donors (Lipinski definition) is 1. The molecule has 0 bridgehead atoms.